The van der Waals surface area contributed by atoms with Crippen LogP contribution in [0.2, 0.25) is 0 Å². The van der Waals surface area contributed by atoms with Gasteiger partial charge in [-0.15, -0.1) is 6.42 Å². The lowest BCUT2D eigenvalue weighted by Crippen LogP contribution is -2.17. The lowest BCUT2D eigenvalue weighted by atomic mass is 10.2. The highest BCUT2D eigenvalue weighted by molar-refractivity contribution is 9.10. The number of nitrogens with zero attached hydrogens (tertiary/aromatic N) is 1. The zero-order valence-electron chi connectivity index (χ0n) is 17.7. The fraction of sp³-hybridized carbons (Fsp3) is 0.304. The van der Waals surface area contributed by atoms with Crippen molar-refractivity contribution in [2.75, 3.05) is 26.9 Å². The minimum Gasteiger partial charge on any atom is -0.493 e. The Labute approximate surface area is 190 Å². The van der Waals surface area contributed by atoms with Crippen LogP contribution in [-0.4, -0.2) is 39.1 Å². The van der Waals surface area contributed by atoms with Crippen LogP contribution < -0.4 is 24.4 Å². The molecule has 0 aromatic heterocycles. The molecule has 8 heteroatoms. The Morgan fingerprint density at radius 2 is 1.97 bits per heavy atom. The minimum atomic E-state index is -0.380. The maximum Gasteiger partial charge on any atom is 0.271 e. The predicted octanol–water partition coefficient (Wildman–Crippen LogP) is 4.42. The van der Waals surface area contributed by atoms with Crippen LogP contribution in [0.4, 0.5) is 0 Å². The molecule has 0 radical (unpaired) electrons. The van der Waals surface area contributed by atoms with Crippen molar-refractivity contribution in [1.29, 1.82) is 0 Å². The van der Waals surface area contributed by atoms with E-state index in [0.717, 1.165) is 6.42 Å². The number of nitrogens with one attached hydrogen (secondary N) is 1. The van der Waals surface area contributed by atoms with Crippen LogP contribution in [-0.2, 0) is 0 Å². The molecule has 31 heavy (non-hydrogen) atoms. The van der Waals surface area contributed by atoms with Gasteiger partial charge in [0.2, 0.25) is 0 Å². The van der Waals surface area contributed by atoms with Gasteiger partial charge in [-0.1, -0.05) is 12.8 Å². The highest BCUT2D eigenvalue weighted by Gasteiger charge is 2.13. The first-order valence-electron chi connectivity index (χ1n) is 9.70. The summed E-state index contributed by atoms with van der Waals surface area (Å²) < 4.78 is 22.7. The first kappa shape index (κ1) is 24.1. The van der Waals surface area contributed by atoms with Crippen molar-refractivity contribution in [2.45, 2.75) is 20.3 Å². The molecule has 0 fully saturated rings. The smallest absolute Gasteiger partial charge is 0.271 e. The van der Waals surface area contributed by atoms with Crippen molar-refractivity contribution in [3.8, 4) is 35.3 Å². The van der Waals surface area contributed by atoms with Gasteiger partial charge in [-0.25, -0.2) is 5.43 Å². The maximum absolute atomic E-state index is 12.4. The second-order valence-electron chi connectivity index (χ2n) is 6.17. The second-order valence-corrected chi connectivity index (χ2v) is 7.02. The summed E-state index contributed by atoms with van der Waals surface area (Å²) in [7, 11) is 1.53. The van der Waals surface area contributed by atoms with Crippen molar-refractivity contribution in [3.63, 3.8) is 0 Å². The molecule has 0 aliphatic heterocycles. The summed E-state index contributed by atoms with van der Waals surface area (Å²) in [5.74, 6) is 4.15. The standard InChI is InChI=1S/C23H25BrN2O5/c1-5-10-30-19-9-8-17(14-20(19)28-4)23(27)26-25-15-16-12-18(24)22(31-11-6-2)21(13-16)29-7-3/h2,8-9,12-15H,5,7,10-11H2,1,3-4H3,(H,26,27)/b25-15+. The van der Waals surface area contributed by atoms with Crippen LogP contribution in [0.25, 0.3) is 0 Å². The highest BCUT2D eigenvalue weighted by atomic mass is 79.9. The first-order valence-corrected chi connectivity index (χ1v) is 10.5. The number of rotatable bonds is 11. The summed E-state index contributed by atoms with van der Waals surface area (Å²) in [6.45, 7) is 5.02. The summed E-state index contributed by atoms with van der Waals surface area (Å²) in [6, 6.07) is 8.50. The van der Waals surface area contributed by atoms with Crippen molar-refractivity contribution in [3.05, 3.63) is 45.9 Å². The van der Waals surface area contributed by atoms with Crippen LogP contribution in [0.1, 0.15) is 36.2 Å². The number of hydrazone groups is 1. The topological polar surface area (TPSA) is 78.4 Å². The molecule has 0 atom stereocenters. The summed E-state index contributed by atoms with van der Waals surface area (Å²) in [4.78, 5) is 12.4. The average molecular weight is 489 g/mol. The number of amides is 1. The van der Waals surface area contributed by atoms with Gasteiger partial charge in [-0.2, -0.15) is 5.10 Å². The second kappa shape index (κ2) is 12.5. The Hall–Kier alpha value is -3.18. The maximum atomic E-state index is 12.4. The molecule has 0 saturated carbocycles. The number of hydrogen-bond donors (Lipinski definition) is 1. The molecule has 7 nitrogen and oxygen atoms in total. The zero-order chi connectivity index (χ0) is 22.6. The van der Waals surface area contributed by atoms with E-state index in [9.17, 15) is 4.79 Å². The average Bonchev–Trinajstić information content (AvgIpc) is 2.77. The summed E-state index contributed by atoms with van der Waals surface area (Å²) >= 11 is 3.45. The van der Waals surface area contributed by atoms with Gasteiger partial charge in [0.1, 0.15) is 6.61 Å². The van der Waals surface area contributed by atoms with Crippen LogP contribution >= 0.6 is 15.9 Å². The molecule has 0 unspecified atom stereocenters. The van der Waals surface area contributed by atoms with Gasteiger partial charge in [0.15, 0.2) is 23.0 Å². The van der Waals surface area contributed by atoms with Gasteiger partial charge in [-0.05, 0) is 65.2 Å². The van der Waals surface area contributed by atoms with Crippen molar-refractivity contribution < 1.29 is 23.7 Å². The van der Waals surface area contributed by atoms with E-state index in [0.29, 0.717) is 51.8 Å². The van der Waals surface area contributed by atoms with Crippen molar-refractivity contribution >= 4 is 28.1 Å². The minimum absolute atomic E-state index is 0.119. The fourth-order valence-corrected chi connectivity index (χ4v) is 3.12. The Kier molecular flexibility index (Phi) is 9.72. The number of carbonyl (C=O) groups excluding carboxylic acids is 1. The van der Waals surface area contributed by atoms with Gasteiger partial charge >= 0.3 is 0 Å². The Morgan fingerprint density at radius 1 is 1.16 bits per heavy atom. The quantitative estimate of drug-likeness (QED) is 0.287. The Bertz CT molecular complexity index is 969. The van der Waals surface area contributed by atoms with Crippen molar-refractivity contribution in [2.24, 2.45) is 5.10 Å². The highest BCUT2D eigenvalue weighted by Crippen LogP contribution is 2.36. The Balaban J connectivity index is 2.12. The SMILES string of the molecule is C#CCOc1c(Br)cc(/C=N/NC(=O)c2ccc(OCCC)c(OC)c2)cc1OCC. The van der Waals surface area contributed by atoms with E-state index in [2.05, 4.69) is 32.4 Å². The van der Waals surface area contributed by atoms with E-state index >= 15 is 0 Å². The Morgan fingerprint density at radius 3 is 2.65 bits per heavy atom. The zero-order valence-corrected chi connectivity index (χ0v) is 19.3. The van der Waals surface area contributed by atoms with E-state index in [1.807, 2.05) is 13.8 Å². The lowest BCUT2D eigenvalue weighted by Gasteiger charge is -2.13. The normalized spacial score (nSPS) is 10.4. The van der Waals surface area contributed by atoms with Crippen molar-refractivity contribution in [1.82, 2.24) is 5.43 Å². The molecule has 2 aromatic carbocycles. The monoisotopic (exact) mass is 488 g/mol. The molecule has 164 valence electrons. The van der Waals surface area contributed by atoms with Crippen LogP contribution in [0.15, 0.2) is 39.9 Å². The van der Waals surface area contributed by atoms with Gasteiger partial charge in [0.25, 0.3) is 5.91 Å². The molecule has 2 aromatic rings. The molecule has 1 amide bonds. The van der Waals surface area contributed by atoms with Crippen LogP contribution in [0.3, 0.4) is 0 Å². The number of halogens is 1. The molecule has 0 saturated heterocycles. The molecule has 0 spiro atoms. The van der Waals surface area contributed by atoms with E-state index in [1.165, 1.54) is 13.3 Å². The number of carbonyl (C=O) groups is 1. The molecule has 2 rings (SSSR count). The van der Waals surface area contributed by atoms with E-state index in [-0.39, 0.29) is 12.5 Å². The summed E-state index contributed by atoms with van der Waals surface area (Å²) in [6.07, 6.45) is 7.64. The number of benzene rings is 2. The third-order valence-corrected chi connectivity index (χ3v) is 4.49. The number of ether oxygens (including phenoxy) is 4. The van der Waals surface area contributed by atoms with E-state index in [4.69, 9.17) is 25.4 Å². The lowest BCUT2D eigenvalue weighted by molar-refractivity contribution is 0.0954. The predicted molar refractivity (Wildman–Crippen MR) is 123 cm³/mol. The van der Waals surface area contributed by atoms with E-state index < -0.39 is 0 Å². The first-order chi connectivity index (χ1) is 15.0. The van der Waals surface area contributed by atoms with Gasteiger partial charge < -0.3 is 18.9 Å². The van der Waals surface area contributed by atoms with Crippen LogP contribution in [0.5, 0.6) is 23.0 Å². The van der Waals surface area contributed by atoms with Gasteiger partial charge in [0.05, 0.1) is 31.0 Å². The largest absolute Gasteiger partial charge is 0.493 e. The molecule has 1 N–H and O–H groups in total. The third-order valence-electron chi connectivity index (χ3n) is 3.90. The molecular formula is C23H25BrN2O5. The van der Waals surface area contributed by atoms with Gasteiger partial charge in [-0.3, -0.25) is 4.79 Å². The molecule has 0 aliphatic rings. The fourth-order valence-electron chi connectivity index (χ4n) is 2.55. The number of methoxy groups -OCH3 is 1. The number of hydrogen-bond acceptors (Lipinski definition) is 6. The third kappa shape index (κ3) is 6.93. The summed E-state index contributed by atoms with van der Waals surface area (Å²) in [5.41, 5.74) is 3.60. The summed E-state index contributed by atoms with van der Waals surface area (Å²) in [5, 5.41) is 4.03. The molecule has 0 bridgehead atoms. The number of terminal acetylenes is 1. The van der Waals surface area contributed by atoms with E-state index in [1.54, 1.807) is 30.3 Å². The van der Waals surface area contributed by atoms with Gasteiger partial charge in [0, 0.05) is 5.56 Å². The molecular weight excluding hydrogens is 464 g/mol. The molecule has 0 aliphatic carbocycles. The van der Waals surface area contributed by atoms with Crippen LogP contribution in [0, 0.1) is 12.3 Å². The molecule has 0 heterocycles.